The Balaban J connectivity index is 1.67. The number of ether oxygens (including phenoxy) is 1. The summed E-state index contributed by atoms with van der Waals surface area (Å²) in [4.78, 5) is 22.2. The summed E-state index contributed by atoms with van der Waals surface area (Å²) in [5.41, 5.74) is 6.06. The summed E-state index contributed by atoms with van der Waals surface area (Å²) in [6.07, 6.45) is -0.261. The van der Waals surface area contributed by atoms with Crippen LogP contribution in [0.3, 0.4) is 0 Å². The van der Waals surface area contributed by atoms with E-state index >= 15 is 0 Å². The zero-order chi connectivity index (χ0) is 21.4. The topological polar surface area (TPSA) is 126 Å². The zero-order valence-corrected chi connectivity index (χ0v) is 16.3. The lowest BCUT2D eigenvalue weighted by Crippen LogP contribution is -2.19. The number of anilines is 3. The predicted octanol–water partition coefficient (Wildman–Crippen LogP) is 3.17. The van der Waals surface area contributed by atoms with Crippen molar-refractivity contribution in [1.82, 2.24) is 5.43 Å². The maximum Gasteiger partial charge on any atom is 0.417 e. The van der Waals surface area contributed by atoms with E-state index in [1.165, 1.54) is 30.3 Å². The molecule has 0 saturated heterocycles. The first kappa shape index (κ1) is 20.7. The Morgan fingerprint density at radius 1 is 0.833 bits per heavy atom. The van der Waals surface area contributed by atoms with Crippen LogP contribution in [0.5, 0.6) is 5.75 Å². The van der Waals surface area contributed by atoms with E-state index < -0.39 is 16.1 Å². The third-order valence-electron chi connectivity index (χ3n) is 3.76. The van der Waals surface area contributed by atoms with Gasteiger partial charge in [0.1, 0.15) is 5.75 Å². The number of carbonyl (C=O) groups excluding carboxylic acids is 2. The molecule has 0 spiro atoms. The van der Waals surface area contributed by atoms with Gasteiger partial charge in [-0.15, -0.1) is 0 Å². The molecule has 0 heterocycles. The molecule has 0 aliphatic heterocycles. The minimum atomic E-state index is -3.89. The first-order valence-corrected chi connectivity index (χ1v) is 10.2. The SMILES string of the molecule is O=CNNc1ccc(NS(=O)(=O)c2cccc(NC(=O)Oc3ccccc3)c2)cc1. The standard InChI is InChI=1S/C20H18N4O5S/c25-14-21-23-15-9-11-16(12-10-15)24-30(27,28)19-8-4-5-17(13-19)22-20(26)29-18-6-2-1-3-7-18/h1-14,23-24H,(H,21,25)(H,22,26). The number of hydrogen-bond acceptors (Lipinski definition) is 6. The summed E-state index contributed by atoms with van der Waals surface area (Å²) in [7, 11) is -3.89. The Kier molecular flexibility index (Phi) is 6.50. The van der Waals surface area contributed by atoms with E-state index in [-0.39, 0.29) is 10.6 Å². The first-order chi connectivity index (χ1) is 14.5. The van der Waals surface area contributed by atoms with Gasteiger partial charge >= 0.3 is 6.09 Å². The minimum Gasteiger partial charge on any atom is -0.410 e. The molecule has 0 fully saturated rings. The van der Waals surface area contributed by atoms with Gasteiger partial charge in [-0.1, -0.05) is 24.3 Å². The van der Waals surface area contributed by atoms with Gasteiger partial charge in [0, 0.05) is 11.4 Å². The van der Waals surface area contributed by atoms with Gasteiger partial charge < -0.3 is 4.74 Å². The quantitative estimate of drug-likeness (QED) is 0.324. The van der Waals surface area contributed by atoms with Crippen LogP contribution in [0.2, 0.25) is 0 Å². The number of rotatable bonds is 8. The van der Waals surface area contributed by atoms with Crippen LogP contribution in [-0.2, 0) is 14.8 Å². The molecule has 0 atom stereocenters. The molecular weight excluding hydrogens is 408 g/mol. The largest absolute Gasteiger partial charge is 0.417 e. The van der Waals surface area contributed by atoms with E-state index in [2.05, 4.69) is 20.9 Å². The highest BCUT2D eigenvalue weighted by molar-refractivity contribution is 7.92. The Morgan fingerprint density at radius 3 is 2.23 bits per heavy atom. The second kappa shape index (κ2) is 9.43. The predicted molar refractivity (Wildman–Crippen MR) is 113 cm³/mol. The third kappa shape index (κ3) is 5.72. The Hall–Kier alpha value is -4.05. The molecule has 3 aromatic carbocycles. The number of sulfonamides is 1. The van der Waals surface area contributed by atoms with Gasteiger partial charge in [0.2, 0.25) is 6.41 Å². The molecule has 3 aromatic rings. The van der Waals surface area contributed by atoms with E-state index in [0.29, 0.717) is 23.5 Å². The molecular formula is C20H18N4O5S. The van der Waals surface area contributed by atoms with Gasteiger partial charge in [-0.3, -0.25) is 25.7 Å². The van der Waals surface area contributed by atoms with Crippen LogP contribution in [0.25, 0.3) is 0 Å². The summed E-state index contributed by atoms with van der Waals surface area (Å²) in [6.45, 7) is 0. The average Bonchev–Trinajstić information content (AvgIpc) is 2.74. The molecule has 0 aliphatic carbocycles. The smallest absolute Gasteiger partial charge is 0.410 e. The van der Waals surface area contributed by atoms with Crippen LogP contribution in [0.15, 0.2) is 83.8 Å². The fourth-order valence-electron chi connectivity index (χ4n) is 2.43. The Labute approximate surface area is 173 Å². The van der Waals surface area contributed by atoms with E-state index in [0.717, 1.165) is 0 Å². The van der Waals surface area contributed by atoms with Gasteiger partial charge in [0.25, 0.3) is 10.0 Å². The molecule has 0 saturated carbocycles. The van der Waals surface area contributed by atoms with Crippen LogP contribution in [0.1, 0.15) is 0 Å². The van der Waals surface area contributed by atoms with Crippen molar-refractivity contribution in [2.24, 2.45) is 0 Å². The second-order valence-electron chi connectivity index (χ2n) is 5.93. The van der Waals surface area contributed by atoms with Crippen LogP contribution in [-0.4, -0.2) is 20.9 Å². The zero-order valence-electron chi connectivity index (χ0n) is 15.5. The molecule has 0 unspecified atom stereocenters. The summed E-state index contributed by atoms with van der Waals surface area (Å²) < 4.78 is 32.9. The molecule has 0 aliphatic rings. The van der Waals surface area contributed by atoms with Crippen LogP contribution >= 0.6 is 0 Å². The van der Waals surface area contributed by atoms with Gasteiger partial charge in [-0.25, -0.2) is 13.2 Å². The maximum absolute atomic E-state index is 12.7. The van der Waals surface area contributed by atoms with Gasteiger partial charge in [-0.2, -0.15) is 0 Å². The highest BCUT2D eigenvalue weighted by atomic mass is 32.2. The van der Waals surface area contributed by atoms with E-state index in [9.17, 15) is 18.0 Å². The molecule has 154 valence electrons. The van der Waals surface area contributed by atoms with Crippen LogP contribution in [0.4, 0.5) is 21.9 Å². The van der Waals surface area contributed by atoms with Crippen molar-refractivity contribution in [1.29, 1.82) is 0 Å². The molecule has 10 heteroatoms. The second-order valence-corrected chi connectivity index (χ2v) is 7.61. The fourth-order valence-corrected chi connectivity index (χ4v) is 3.53. The monoisotopic (exact) mass is 426 g/mol. The average molecular weight is 426 g/mol. The Bertz CT molecular complexity index is 1120. The van der Waals surface area contributed by atoms with Crippen molar-refractivity contribution in [2.75, 3.05) is 15.5 Å². The molecule has 30 heavy (non-hydrogen) atoms. The number of para-hydroxylation sites is 1. The minimum absolute atomic E-state index is 0.0372. The molecule has 0 aromatic heterocycles. The lowest BCUT2D eigenvalue weighted by Gasteiger charge is -2.11. The van der Waals surface area contributed by atoms with Gasteiger partial charge in [0.05, 0.1) is 10.6 Å². The molecule has 0 radical (unpaired) electrons. The maximum atomic E-state index is 12.7. The summed E-state index contributed by atoms with van der Waals surface area (Å²) in [5, 5.41) is 2.50. The number of carbonyl (C=O) groups is 2. The molecule has 2 amide bonds. The van der Waals surface area contributed by atoms with Crippen molar-refractivity contribution in [3.05, 3.63) is 78.9 Å². The van der Waals surface area contributed by atoms with Crippen molar-refractivity contribution >= 4 is 39.6 Å². The summed E-state index contributed by atoms with van der Waals surface area (Å²) in [6, 6.07) is 20.5. The number of nitrogens with one attached hydrogen (secondary N) is 4. The highest BCUT2D eigenvalue weighted by Crippen LogP contribution is 2.21. The first-order valence-electron chi connectivity index (χ1n) is 8.68. The normalized spacial score (nSPS) is 10.5. The Morgan fingerprint density at radius 2 is 1.53 bits per heavy atom. The number of amides is 2. The highest BCUT2D eigenvalue weighted by Gasteiger charge is 2.15. The van der Waals surface area contributed by atoms with E-state index in [4.69, 9.17) is 4.74 Å². The molecule has 0 bridgehead atoms. The lowest BCUT2D eigenvalue weighted by atomic mass is 10.3. The molecule has 4 N–H and O–H groups in total. The van der Waals surface area contributed by atoms with Crippen molar-refractivity contribution in [3.63, 3.8) is 0 Å². The number of benzene rings is 3. The summed E-state index contributed by atoms with van der Waals surface area (Å²) in [5.74, 6) is 0.363. The van der Waals surface area contributed by atoms with Gasteiger partial charge in [0.15, 0.2) is 0 Å². The number of hydrazine groups is 1. The van der Waals surface area contributed by atoms with Gasteiger partial charge in [-0.05, 0) is 54.6 Å². The van der Waals surface area contributed by atoms with Crippen molar-refractivity contribution in [2.45, 2.75) is 4.90 Å². The fraction of sp³-hybridized carbons (Fsp3) is 0. The van der Waals surface area contributed by atoms with Crippen LogP contribution < -0.4 is 25.6 Å². The summed E-state index contributed by atoms with van der Waals surface area (Å²) >= 11 is 0. The van der Waals surface area contributed by atoms with E-state index in [1.54, 1.807) is 48.5 Å². The van der Waals surface area contributed by atoms with Crippen molar-refractivity contribution < 1.29 is 22.7 Å². The molecule has 9 nitrogen and oxygen atoms in total. The molecule has 3 rings (SSSR count). The number of hydrogen-bond donors (Lipinski definition) is 4. The third-order valence-corrected chi connectivity index (χ3v) is 5.14. The van der Waals surface area contributed by atoms with Crippen molar-refractivity contribution in [3.8, 4) is 5.75 Å². The van der Waals surface area contributed by atoms with Crippen LogP contribution in [0, 0.1) is 0 Å². The van der Waals surface area contributed by atoms with E-state index in [1.807, 2.05) is 0 Å². The lowest BCUT2D eigenvalue weighted by molar-refractivity contribution is -0.109.